The normalized spacial score (nSPS) is 25.6. The van der Waals surface area contributed by atoms with Crippen LogP contribution in [0.5, 0.6) is 0 Å². The van der Waals surface area contributed by atoms with Crippen LogP contribution in [0.1, 0.15) is 46.0 Å². The molecule has 0 aliphatic heterocycles. The van der Waals surface area contributed by atoms with Gasteiger partial charge >= 0.3 is 0 Å². The minimum atomic E-state index is 0.0237. The second-order valence-corrected chi connectivity index (χ2v) is 6.55. The third-order valence-corrected chi connectivity index (χ3v) is 4.14. The van der Waals surface area contributed by atoms with E-state index in [1.807, 2.05) is 0 Å². The van der Waals surface area contributed by atoms with E-state index in [1.54, 1.807) is 0 Å². The van der Waals surface area contributed by atoms with Crippen molar-refractivity contribution in [2.24, 2.45) is 17.6 Å². The molecule has 0 bridgehead atoms. The zero-order valence-electron chi connectivity index (χ0n) is 13.0. The monoisotopic (exact) mass is 269 g/mol. The van der Waals surface area contributed by atoms with E-state index in [2.05, 4.69) is 38.2 Å². The fraction of sp³-hybridized carbons (Fsp3) is 0.933. The topological polar surface area (TPSA) is 58.4 Å². The number of carbonyl (C=O) groups is 1. The van der Waals surface area contributed by atoms with E-state index >= 15 is 0 Å². The Morgan fingerprint density at radius 2 is 1.95 bits per heavy atom. The van der Waals surface area contributed by atoms with Crippen molar-refractivity contribution in [1.29, 1.82) is 0 Å². The van der Waals surface area contributed by atoms with Crippen LogP contribution in [-0.4, -0.2) is 43.5 Å². The fourth-order valence-electron chi connectivity index (χ4n) is 2.86. The lowest BCUT2D eigenvalue weighted by molar-refractivity contribution is -0.126. The van der Waals surface area contributed by atoms with Crippen LogP contribution in [0.4, 0.5) is 0 Å². The number of rotatable bonds is 6. The maximum atomic E-state index is 12.2. The standard InChI is InChI=1S/C15H31N3O/c1-11(2)9-12(18(3)4)10-17-15(19)13-7-5-6-8-14(13)16/h11-14H,5-10,16H2,1-4H3,(H,17,19). The van der Waals surface area contributed by atoms with Crippen LogP contribution in [0.25, 0.3) is 0 Å². The first kappa shape index (κ1) is 16.4. The summed E-state index contributed by atoms with van der Waals surface area (Å²) >= 11 is 0. The summed E-state index contributed by atoms with van der Waals surface area (Å²) in [6.07, 6.45) is 5.34. The first-order valence-corrected chi connectivity index (χ1v) is 7.61. The molecule has 1 aliphatic carbocycles. The Kier molecular flexibility index (Phi) is 6.80. The van der Waals surface area contributed by atoms with Crippen LogP contribution >= 0.6 is 0 Å². The molecule has 3 unspecified atom stereocenters. The van der Waals surface area contributed by atoms with Gasteiger partial charge in [-0.15, -0.1) is 0 Å². The molecule has 1 aliphatic rings. The fourth-order valence-corrected chi connectivity index (χ4v) is 2.86. The lowest BCUT2D eigenvalue weighted by Crippen LogP contribution is -2.47. The number of nitrogens with zero attached hydrogens (tertiary/aromatic N) is 1. The van der Waals surface area contributed by atoms with Crippen LogP contribution < -0.4 is 11.1 Å². The van der Waals surface area contributed by atoms with Crippen LogP contribution in [0.2, 0.25) is 0 Å². The summed E-state index contributed by atoms with van der Waals surface area (Å²) in [5.41, 5.74) is 6.06. The highest BCUT2D eigenvalue weighted by atomic mass is 16.1. The summed E-state index contributed by atoms with van der Waals surface area (Å²) < 4.78 is 0. The van der Waals surface area contributed by atoms with Gasteiger partial charge in [0.05, 0.1) is 5.92 Å². The summed E-state index contributed by atoms with van der Waals surface area (Å²) in [7, 11) is 4.15. The van der Waals surface area contributed by atoms with Gasteiger partial charge in [-0.2, -0.15) is 0 Å². The van der Waals surface area contributed by atoms with E-state index in [0.29, 0.717) is 12.0 Å². The molecular formula is C15H31N3O. The van der Waals surface area contributed by atoms with Gasteiger partial charge in [-0.05, 0) is 39.3 Å². The predicted octanol–water partition coefficient (Wildman–Crippen LogP) is 1.60. The van der Waals surface area contributed by atoms with Crippen molar-refractivity contribution >= 4 is 5.91 Å². The molecule has 0 aromatic carbocycles. The summed E-state index contributed by atoms with van der Waals surface area (Å²) in [6.45, 7) is 5.16. The molecule has 1 amide bonds. The Bertz CT molecular complexity index is 279. The molecule has 0 aromatic heterocycles. The molecule has 0 heterocycles. The zero-order chi connectivity index (χ0) is 14.4. The quantitative estimate of drug-likeness (QED) is 0.770. The molecule has 4 heteroatoms. The van der Waals surface area contributed by atoms with Gasteiger partial charge in [0.2, 0.25) is 5.91 Å². The van der Waals surface area contributed by atoms with Gasteiger partial charge in [0.15, 0.2) is 0 Å². The van der Waals surface area contributed by atoms with E-state index < -0.39 is 0 Å². The van der Waals surface area contributed by atoms with Crippen molar-refractivity contribution in [3.05, 3.63) is 0 Å². The summed E-state index contributed by atoms with van der Waals surface area (Å²) in [5, 5.41) is 3.11. The van der Waals surface area contributed by atoms with Crippen LogP contribution in [0.3, 0.4) is 0 Å². The average Bonchev–Trinajstić information content (AvgIpc) is 2.34. The van der Waals surface area contributed by atoms with E-state index in [4.69, 9.17) is 5.73 Å². The molecule has 1 saturated carbocycles. The molecule has 1 fully saturated rings. The number of amides is 1. The van der Waals surface area contributed by atoms with E-state index in [0.717, 1.165) is 32.2 Å². The average molecular weight is 269 g/mol. The smallest absolute Gasteiger partial charge is 0.224 e. The van der Waals surface area contributed by atoms with Gasteiger partial charge in [-0.25, -0.2) is 0 Å². The van der Waals surface area contributed by atoms with Gasteiger partial charge in [-0.3, -0.25) is 4.79 Å². The molecule has 0 radical (unpaired) electrons. The molecule has 112 valence electrons. The van der Waals surface area contributed by atoms with Crippen molar-refractivity contribution in [2.45, 2.75) is 58.0 Å². The number of nitrogens with one attached hydrogen (secondary N) is 1. The molecule has 4 nitrogen and oxygen atoms in total. The zero-order valence-corrected chi connectivity index (χ0v) is 13.0. The summed E-state index contributed by atoms with van der Waals surface area (Å²) in [5.74, 6) is 0.819. The van der Waals surface area contributed by atoms with Crippen molar-refractivity contribution in [1.82, 2.24) is 10.2 Å². The van der Waals surface area contributed by atoms with E-state index in [1.165, 1.54) is 6.42 Å². The Labute approximate surface area is 118 Å². The molecule has 0 saturated heterocycles. The second kappa shape index (κ2) is 7.85. The largest absolute Gasteiger partial charge is 0.354 e. The molecule has 0 spiro atoms. The third-order valence-electron chi connectivity index (χ3n) is 4.14. The van der Waals surface area contributed by atoms with Gasteiger partial charge in [0.1, 0.15) is 0 Å². The van der Waals surface area contributed by atoms with Crippen LogP contribution in [0, 0.1) is 11.8 Å². The van der Waals surface area contributed by atoms with E-state index in [-0.39, 0.29) is 17.9 Å². The highest BCUT2D eigenvalue weighted by Crippen LogP contribution is 2.23. The Balaban J connectivity index is 2.42. The molecule has 1 rings (SSSR count). The van der Waals surface area contributed by atoms with Gasteiger partial charge in [0.25, 0.3) is 0 Å². The van der Waals surface area contributed by atoms with Gasteiger partial charge in [-0.1, -0.05) is 26.7 Å². The number of hydrogen-bond acceptors (Lipinski definition) is 3. The first-order valence-electron chi connectivity index (χ1n) is 7.61. The second-order valence-electron chi connectivity index (χ2n) is 6.55. The van der Waals surface area contributed by atoms with Crippen molar-refractivity contribution in [2.75, 3.05) is 20.6 Å². The maximum absolute atomic E-state index is 12.2. The predicted molar refractivity (Wildman–Crippen MR) is 79.9 cm³/mol. The number of carbonyl (C=O) groups excluding carboxylic acids is 1. The molecule has 0 aromatic rings. The first-order chi connectivity index (χ1) is 8.91. The SMILES string of the molecule is CC(C)CC(CNC(=O)C1CCCCC1N)N(C)C. The molecule has 3 atom stereocenters. The minimum Gasteiger partial charge on any atom is -0.354 e. The Morgan fingerprint density at radius 1 is 1.32 bits per heavy atom. The van der Waals surface area contributed by atoms with Gasteiger partial charge in [0, 0.05) is 18.6 Å². The third kappa shape index (κ3) is 5.49. The molecule has 3 N–H and O–H groups in total. The van der Waals surface area contributed by atoms with Crippen LogP contribution in [0.15, 0.2) is 0 Å². The van der Waals surface area contributed by atoms with Crippen molar-refractivity contribution in [3.63, 3.8) is 0 Å². The van der Waals surface area contributed by atoms with Crippen LogP contribution in [-0.2, 0) is 4.79 Å². The number of hydrogen-bond donors (Lipinski definition) is 2. The van der Waals surface area contributed by atoms with Gasteiger partial charge < -0.3 is 16.0 Å². The summed E-state index contributed by atoms with van der Waals surface area (Å²) in [4.78, 5) is 14.4. The van der Waals surface area contributed by atoms with Crippen molar-refractivity contribution < 1.29 is 4.79 Å². The minimum absolute atomic E-state index is 0.0237. The molecular weight excluding hydrogens is 238 g/mol. The van der Waals surface area contributed by atoms with Crippen molar-refractivity contribution in [3.8, 4) is 0 Å². The number of nitrogens with two attached hydrogens (primary N) is 1. The summed E-state index contributed by atoms with van der Waals surface area (Å²) in [6, 6.07) is 0.459. The number of likely N-dealkylation sites (N-methyl/N-ethyl adjacent to an activating group) is 1. The highest BCUT2D eigenvalue weighted by Gasteiger charge is 2.28. The lowest BCUT2D eigenvalue weighted by atomic mass is 9.84. The molecule has 19 heavy (non-hydrogen) atoms. The Hall–Kier alpha value is -0.610. The highest BCUT2D eigenvalue weighted by molar-refractivity contribution is 5.79. The Morgan fingerprint density at radius 3 is 2.47 bits per heavy atom. The maximum Gasteiger partial charge on any atom is 0.224 e. The van der Waals surface area contributed by atoms with E-state index in [9.17, 15) is 4.79 Å². The lowest BCUT2D eigenvalue weighted by Gasteiger charge is -2.30.